The van der Waals surface area contributed by atoms with Gasteiger partial charge in [0.25, 0.3) is 0 Å². The van der Waals surface area contributed by atoms with Crippen molar-refractivity contribution in [2.45, 2.75) is 39.3 Å². The van der Waals surface area contributed by atoms with Gasteiger partial charge in [0.15, 0.2) is 0 Å². The van der Waals surface area contributed by atoms with Crippen molar-refractivity contribution in [2.75, 3.05) is 20.7 Å². The van der Waals surface area contributed by atoms with Gasteiger partial charge in [-0.1, -0.05) is 0 Å². The molecule has 4 heteroatoms. The summed E-state index contributed by atoms with van der Waals surface area (Å²) < 4.78 is 5.34. The van der Waals surface area contributed by atoms with E-state index < -0.39 is 6.10 Å². The third-order valence-electron chi connectivity index (χ3n) is 3.76. The molecule has 0 aliphatic heterocycles. The van der Waals surface area contributed by atoms with Crippen molar-refractivity contribution in [1.82, 2.24) is 5.32 Å². The molecule has 0 radical (unpaired) electrons. The molecule has 0 aliphatic carbocycles. The fourth-order valence-electron chi connectivity index (χ4n) is 2.42. The van der Waals surface area contributed by atoms with Crippen LogP contribution in [0.4, 0.5) is 0 Å². The lowest BCUT2D eigenvalue weighted by atomic mass is 9.89. The largest absolute Gasteiger partial charge is 0.496 e. The molecule has 0 saturated carbocycles. The molecule has 0 amide bonds. The number of rotatable bonds is 6. The molecule has 19 heavy (non-hydrogen) atoms. The summed E-state index contributed by atoms with van der Waals surface area (Å²) in [5, 5.41) is 13.5. The van der Waals surface area contributed by atoms with Gasteiger partial charge in [0.2, 0.25) is 0 Å². The quantitative estimate of drug-likeness (QED) is 0.731. The molecule has 0 heterocycles. The van der Waals surface area contributed by atoms with Gasteiger partial charge < -0.3 is 20.9 Å². The Morgan fingerprint density at radius 2 is 1.95 bits per heavy atom. The number of methoxy groups -OCH3 is 1. The third-order valence-corrected chi connectivity index (χ3v) is 3.76. The maximum Gasteiger partial charge on any atom is 0.122 e. The first-order valence-electron chi connectivity index (χ1n) is 6.67. The van der Waals surface area contributed by atoms with E-state index in [1.807, 2.05) is 33.9 Å². The van der Waals surface area contributed by atoms with E-state index in [0.29, 0.717) is 0 Å². The van der Waals surface area contributed by atoms with Crippen LogP contribution in [0.2, 0.25) is 0 Å². The van der Waals surface area contributed by atoms with Crippen molar-refractivity contribution < 1.29 is 9.84 Å². The summed E-state index contributed by atoms with van der Waals surface area (Å²) >= 11 is 0. The Morgan fingerprint density at radius 1 is 1.32 bits per heavy atom. The molecule has 0 bridgehead atoms. The maximum absolute atomic E-state index is 10.5. The van der Waals surface area contributed by atoms with Crippen molar-refractivity contribution in [3.63, 3.8) is 0 Å². The molecule has 2 unspecified atom stereocenters. The highest BCUT2D eigenvalue weighted by Crippen LogP contribution is 2.32. The predicted octanol–water partition coefficient (Wildman–Crippen LogP) is 1.59. The van der Waals surface area contributed by atoms with Crippen LogP contribution in [0.3, 0.4) is 0 Å². The number of nitrogens with one attached hydrogen (secondary N) is 1. The summed E-state index contributed by atoms with van der Waals surface area (Å²) in [5.74, 6) is 0.856. The monoisotopic (exact) mass is 266 g/mol. The Kier molecular flexibility index (Phi) is 5.79. The third kappa shape index (κ3) is 3.47. The molecular weight excluding hydrogens is 240 g/mol. The summed E-state index contributed by atoms with van der Waals surface area (Å²) in [7, 11) is 3.54. The first-order chi connectivity index (χ1) is 8.93. The van der Waals surface area contributed by atoms with Gasteiger partial charge in [-0.15, -0.1) is 0 Å². The Labute approximate surface area is 116 Å². The minimum Gasteiger partial charge on any atom is -0.496 e. The van der Waals surface area contributed by atoms with Gasteiger partial charge in [-0.3, -0.25) is 0 Å². The van der Waals surface area contributed by atoms with Crippen molar-refractivity contribution in [2.24, 2.45) is 5.73 Å². The second-order valence-electron chi connectivity index (χ2n) is 5.06. The number of hydrogen-bond acceptors (Lipinski definition) is 4. The van der Waals surface area contributed by atoms with Crippen molar-refractivity contribution >= 4 is 0 Å². The average Bonchev–Trinajstić information content (AvgIpc) is 2.39. The molecule has 0 fully saturated rings. The van der Waals surface area contributed by atoms with Crippen molar-refractivity contribution in [1.29, 1.82) is 0 Å². The lowest BCUT2D eigenvalue weighted by Crippen LogP contribution is -2.32. The second-order valence-corrected chi connectivity index (χ2v) is 5.06. The lowest BCUT2D eigenvalue weighted by molar-refractivity contribution is 0.141. The summed E-state index contributed by atoms with van der Waals surface area (Å²) in [4.78, 5) is 0. The molecule has 108 valence electrons. The molecule has 0 spiro atoms. The maximum atomic E-state index is 10.5. The van der Waals surface area contributed by atoms with E-state index in [1.54, 1.807) is 7.11 Å². The van der Waals surface area contributed by atoms with Crippen LogP contribution in [0, 0.1) is 20.8 Å². The van der Waals surface area contributed by atoms with E-state index in [4.69, 9.17) is 10.5 Å². The molecule has 0 aromatic heterocycles. The van der Waals surface area contributed by atoms with E-state index in [0.717, 1.165) is 41.0 Å². The van der Waals surface area contributed by atoms with Crippen LogP contribution in [0.15, 0.2) is 6.07 Å². The second kappa shape index (κ2) is 6.89. The number of aryl methyl sites for hydroxylation is 1. The summed E-state index contributed by atoms with van der Waals surface area (Å²) in [6, 6.07) is 1.70. The van der Waals surface area contributed by atoms with Crippen LogP contribution < -0.4 is 15.8 Å². The highest BCUT2D eigenvalue weighted by molar-refractivity contribution is 5.49. The first kappa shape index (κ1) is 16.0. The van der Waals surface area contributed by atoms with Crippen LogP contribution in [0.5, 0.6) is 5.75 Å². The Hall–Kier alpha value is -1.10. The molecule has 1 aromatic rings. The SMILES string of the molecule is CNCCC(N)C(O)c1c(C)cc(OC)c(C)c1C. The van der Waals surface area contributed by atoms with Crippen molar-refractivity contribution in [3.8, 4) is 5.75 Å². The standard InChI is InChI=1S/C15H26N2O2/c1-9-8-13(19-5)10(2)11(3)14(9)15(18)12(16)6-7-17-4/h8,12,15,17-18H,6-7,16H2,1-5H3. The fourth-order valence-corrected chi connectivity index (χ4v) is 2.42. The van der Waals surface area contributed by atoms with Gasteiger partial charge in [-0.05, 0) is 69.1 Å². The minimum absolute atomic E-state index is 0.266. The van der Waals surface area contributed by atoms with Crippen LogP contribution in [0.25, 0.3) is 0 Å². The number of benzene rings is 1. The Balaban J connectivity index is 3.09. The van der Waals surface area contributed by atoms with Crippen LogP contribution in [-0.2, 0) is 0 Å². The van der Waals surface area contributed by atoms with Gasteiger partial charge in [0.05, 0.1) is 13.2 Å². The van der Waals surface area contributed by atoms with Gasteiger partial charge in [-0.2, -0.15) is 0 Å². The van der Waals surface area contributed by atoms with E-state index >= 15 is 0 Å². The van der Waals surface area contributed by atoms with Gasteiger partial charge in [0.1, 0.15) is 5.75 Å². The van der Waals surface area contributed by atoms with Gasteiger partial charge in [0, 0.05) is 6.04 Å². The zero-order valence-electron chi connectivity index (χ0n) is 12.6. The number of aliphatic hydroxyl groups excluding tert-OH is 1. The number of nitrogens with two attached hydrogens (primary N) is 1. The lowest BCUT2D eigenvalue weighted by Gasteiger charge is -2.24. The molecule has 4 N–H and O–H groups in total. The van der Waals surface area contributed by atoms with Crippen LogP contribution >= 0.6 is 0 Å². The fraction of sp³-hybridized carbons (Fsp3) is 0.600. The summed E-state index contributed by atoms with van der Waals surface area (Å²) in [6.45, 7) is 6.79. The summed E-state index contributed by atoms with van der Waals surface area (Å²) in [6.07, 6.45) is 0.0969. The molecule has 0 aliphatic rings. The molecule has 1 rings (SSSR count). The molecule has 0 saturated heterocycles. The Morgan fingerprint density at radius 3 is 2.47 bits per heavy atom. The van der Waals surface area contributed by atoms with Crippen LogP contribution in [0.1, 0.15) is 34.8 Å². The van der Waals surface area contributed by atoms with Crippen LogP contribution in [-0.4, -0.2) is 31.9 Å². The van der Waals surface area contributed by atoms with E-state index in [-0.39, 0.29) is 6.04 Å². The molecule has 4 nitrogen and oxygen atoms in total. The van der Waals surface area contributed by atoms with Crippen molar-refractivity contribution in [3.05, 3.63) is 28.3 Å². The zero-order valence-corrected chi connectivity index (χ0v) is 12.6. The summed E-state index contributed by atoms with van der Waals surface area (Å²) in [5.41, 5.74) is 10.1. The molecule has 1 aromatic carbocycles. The van der Waals surface area contributed by atoms with E-state index in [1.165, 1.54) is 0 Å². The number of aliphatic hydroxyl groups is 1. The predicted molar refractivity (Wildman–Crippen MR) is 78.7 cm³/mol. The highest BCUT2D eigenvalue weighted by atomic mass is 16.5. The Bertz CT molecular complexity index is 433. The smallest absolute Gasteiger partial charge is 0.122 e. The average molecular weight is 266 g/mol. The van der Waals surface area contributed by atoms with E-state index in [2.05, 4.69) is 5.32 Å². The topological polar surface area (TPSA) is 67.5 Å². The highest BCUT2D eigenvalue weighted by Gasteiger charge is 2.22. The number of ether oxygens (including phenoxy) is 1. The number of hydrogen-bond donors (Lipinski definition) is 3. The first-order valence-corrected chi connectivity index (χ1v) is 6.67. The van der Waals surface area contributed by atoms with Gasteiger partial charge >= 0.3 is 0 Å². The van der Waals surface area contributed by atoms with Gasteiger partial charge in [-0.25, -0.2) is 0 Å². The molecular formula is C15H26N2O2. The zero-order chi connectivity index (χ0) is 14.6. The van der Waals surface area contributed by atoms with E-state index in [9.17, 15) is 5.11 Å². The normalized spacial score (nSPS) is 14.3. The molecule has 2 atom stereocenters. The minimum atomic E-state index is -0.641.